The van der Waals surface area contributed by atoms with Gasteiger partial charge in [0.05, 0.1) is 5.60 Å². The molecule has 0 aromatic carbocycles. The van der Waals surface area contributed by atoms with E-state index in [0.717, 1.165) is 6.42 Å². The lowest BCUT2D eigenvalue weighted by atomic mass is 9.71. The zero-order chi connectivity index (χ0) is 15.5. The van der Waals surface area contributed by atoms with Gasteiger partial charge >= 0.3 is 0 Å². The fourth-order valence-electron chi connectivity index (χ4n) is 2.35. The molecule has 0 bridgehead atoms. The molecule has 0 amide bonds. The molecule has 1 nitrogen and oxygen atoms in total. The molecule has 0 aliphatic heterocycles. The average Bonchev–Trinajstić information content (AvgIpc) is 2.52. The van der Waals surface area contributed by atoms with Crippen molar-refractivity contribution in [3.63, 3.8) is 0 Å². The van der Waals surface area contributed by atoms with Crippen molar-refractivity contribution in [3.05, 3.63) is 0 Å². The molecular formula is C18H38O. The van der Waals surface area contributed by atoms with Crippen LogP contribution in [0.15, 0.2) is 0 Å². The van der Waals surface area contributed by atoms with Gasteiger partial charge < -0.3 is 4.74 Å². The molecule has 1 saturated carbocycles. The number of hydrogen-bond acceptors (Lipinski definition) is 1. The third-order valence-corrected chi connectivity index (χ3v) is 6.46. The molecule has 0 spiro atoms. The molecule has 0 unspecified atom stereocenters. The SMILES string of the molecule is CC1(C)CCCC1(C)C.CCC(C)(C)C(C)(C)OC. The standard InChI is InChI=1S/C9H20O.C9H18/c1-7-8(2,3)9(4,5)10-6;1-8(2)6-5-7-9(8,3)4/h7H2,1-6H3;5-7H2,1-4H3. The summed E-state index contributed by atoms with van der Waals surface area (Å²) in [6.07, 6.45) is 5.41. The molecular weight excluding hydrogens is 232 g/mol. The summed E-state index contributed by atoms with van der Waals surface area (Å²) in [4.78, 5) is 0. The van der Waals surface area contributed by atoms with Crippen LogP contribution in [-0.4, -0.2) is 12.7 Å². The second-order valence-electron chi connectivity index (χ2n) is 8.57. The van der Waals surface area contributed by atoms with Crippen molar-refractivity contribution in [2.45, 2.75) is 93.6 Å². The van der Waals surface area contributed by atoms with Crippen LogP contribution in [0.4, 0.5) is 0 Å². The fourth-order valence-corrected chi connectivity index (χ4v) is 2.35. The van der Waals surface area contributed by atoms with Crippen molar-refractivity contribution in [1.82, 2.24) is 0 Å². The Kier molecular flexibility index (Phi) is 6.15. The first-order chi connectivity index (χ1) is 8.33. The first kappa shape index (κ1) is 19.0. The molecule has 1 heteroatoms. The molecule has 1 rings (SSSR count). The number of rotatable bonds is 3. The Hall–Kier alpha value is -0.0400. The largest absolute Gasteiger partial charge is 0.378 e. The maximum absolute atomic E-state index is 5.39. The highest BCUT2D eigenvalue weighted by Gasteiger charge is 2.40. The van der Waals surface area contributed by atoms with Crippen LogP contribution in [0.1, 0.15) is 88.0 Å². The van der Waals surface area contributed by atoms with Crippen LogP contribution in [0.5, 0.6) is 0 Å². The van der Waals surface area contributed by atoms with Crippen molar-refractivity contribution < 1.29 is 4.74 Å². The van der Waals surface area contributed by atoms with Crippen molar-refractivity contribution in [3.8, 4) is 0 Å². The van der Waals surface area contributed by atoms with Crippen LogP contribution in [0.3, 0.4) is 0 Å². The summed E-state index contributed by atoms with van der Waals surface area (Å²) >= 11 is 0. The second kappa shape index (κ2) is 6.16. The van der Waals surface area contributed by atoms with Gasteiger partial charge in [0.2, 0.25) is 0 Å². The van der Waals surface area contributed by atoms with E-state index in [1.807, 2.05) is 0 Å². The van der Waals surface area contributed by atoms with Gasteiger partial charge in [-0.2, -0.15) is 0 Å². The van der Waals surface area contributed by atoms with Gasteiger partial charge in [-0.05, 0) is 49.4 Å². The highest BCUT2D eigenvalue weighted by Crippen LogP contribution is 2.51. The van der Waals surface area contributed by atoms with Gasteiger partial charge in [0.25, 0.3) is 0 Å². The van der Waals surface area contributed by atoms with Gasteiger partial charge in [0.15, 0.2) is 0 Å². The van der Waals surface area contributed by atoms with Crippen LogP contribution in [0.2, 0.25) is 0 Å². The molecule has 0 saturated heterocycles. The second-order valence-corrected chi connectivity index (χ2v) is 8.57. The number of hydrogen-bond donors (Lipinski definition) is 0. The summed E-state index contributed by atoms with van der Waals surface area (Å²) < 4.78 is 5.39. The van der Waals surface area contributed by atoms with Crippen LogP contribution < -0.4 is 0 Å². The minimum atomic E-state index is -0.0122. The van der Waals surface area contributed by atoms with E-state index in [9.17, 15) is 0 Å². The number of methoxy groups -OCH3 is 1. The van der Waals surface area contributed by atoms with Crippen LogP contribution in [-0.2, 0) is 4.74 Å². The molecule has 1 aliphatic carbocycles. The van der Waals surface area contributed by atoms with Crippen molar-refractivity contribution in [2.75, 3.05) is 7.11 Å². The van der Waals surface area contributed by atoms with Gasteiger partial charge in [-0.1, -0.05) is 54.9 Å². The normalized spacial score (nSPS) is 21.8. The van der Waals surface area contributed by atoms with E-state index in [4.69, 9.17) is 4.74 Å². The van der Waals surface area contributed by atoms with E-state index in [2.05, 4.69) is 62.3 Å². The number of ether oxygens (including phenoxy) is 1. The smallest absolute Gasteiger partial charge is 0.0673 e. The maximum Gasteiger partial charge on any atom is 0.0673 e. The third kappa shape index (κ3) is 4.48. The monoisotopic (exact) mass is 270 g/mol. The maximum atomic E-state index is 5.39. The summed E-state index contributed by atoms with van der Waals surface area (Å²) in [7, 11) is 1.78. The highest BCUT2D eigenvalue weighted by atomic mass is 16.5. The minimum Gasteiger partial charge on any atom is -0.378 e. The van der Waals surface area contributed by atoms with Gasteiger partial charge in [-0.25, -0.2) is 0 Å². The Balaban J connectivity index is 0.000000342. The Morgan fingerprint density at radius 2 is 1.26 bits per heavy atom. The third-order valence-electron chi connectivity index (χ3n) is 6.46. The lowest BCUT2D eigenvalue weighted by Gasteiger charge is -2.39. The van der Waals surface area contributed by atoms with Crippen molar-refractivity contribution in [1.29, 1.82) is 0 Å². The summed E-state index contributed by atoms with van der Waals surface area (Å²) in [6, 6.07) is 0. The molecule has 0 atom stereocenters. The van der Waals surface area contributed by atoms with Crippen LogP contribution >= 0.6 is 0 Å². The summed E-state index contributed by atoms with van der Waals surface area (Å²) in [5.41, 5.74) is 1.43. The quantitative estimate of drug-likeness (QED) is 0.604. The molecule has 0 heterocycles. The molecule has 0 aromatic heterocycles. The van der Waals surface area contributed by atoms with Crippen LogP contribution in [0.25, 0.3) is 0 Å². The topological polar surface area (TPSA) is 9.23 Å². The van der Waals surface area contributed by atoms with E-state index in [-0.39, 0.29) is 11.0 Å². The van der Waals surface area contributed by atoms with E-state index in [0.29, 0.717) is 10.8 Å². The fraction of sp³-hybridized carbons (Fsp3) is 1.00. The molecule has 0 radical (unpaired) electrons. The Morgan fingerprint density at radius 3 is 1.37 bits per heavy atom. The lowest BCUT2D eigenvalue weighted by molar-refractivity contribution is -0.0723. The summed E-state index contributed by atoms with van der Waals surface area (Å²) in [6.45, 7) is 20.5. The zero-order valence-electron chi connectivity index (χ0n) is 15.2. The Bertz CT molecular complexity index is 243. The minimum absolute atomic E-state index is 0.0122. The molecule has 116 valence electrons. The lowest BCUT2D eigenvalue weighted by Crippen LogP contribution is -2.40. The van der Waals surface area contributed by atoms with E-state index in [1.54, 1.807) is 7.11 Å². The Morgan fingerprint density at radius 1 is 0.895 bits per heavy atom. The first-order valence-corrected chi connectivity index (χ1v) is 7.88. The van der Waals surface area contributed by atoms with Gasteiger partial charge in [0, 0.05) is 7.11 Å². The summed E-state index contributed by atoms with van der Waals surface area (Å²) in [5.74, 6) is 0. The molecule has 19 heavy (non-hydrogen) atoms. The molecule has 1 aliphatic rings. The molecule has 1 fully saturated rings. The van der Waals surface area contributed by atoms with E-state index < -0.39 is 0 Å². The first-order valence-electron chi connectivity index (χ1n) is 7.88. The van der Waals surface area contributed by atoms with E-state index >= 15 is 0 Å². The summed E-state index contributed by atoms with van der Waals surface area (Å²) in [5, 5.41) is 0. The average molecular weight is 271 g/mol. The van der Waals surface area contributed by atoms with Gasteiger partial charge in [0.1, 0.15) is 0 Å². The zero-order valence-corrected chi connectivity index (χ0v) is 15.2. The van der Waals surface area contributed by atoms with Crippen LogP contribution in [0, 0.1) is 16.2 Å². The van der Waals surface area contributed by atoms with Gasteiger partial charge in [-0.15, -0.1) is 0 Å². The Labute approximate surface area is 122 Å². The van der Waals surface area contributed by atoms with Gasteiger partial charge in [-0.3, -0.25) is 0 Å². The highest BCUT2D eigenvalue weighted by molar-refractivity contribution is 4.91. The van der Waals surface area contributed by atoms with Crippen molar-refractivity contribution in [2.24, 2.45) is 16.2 Å². The predicted octanol–water partition coefficient (Wildman–Crippen LogP) is 6.07. The molecule has 0 aromatic rings. The van der Waals surface area contributed by atoms with Crippen molar-refractivity contribution >= 4 is 0 Å². The van der Waals surface area contributed by atoms with E-state index in [1.165, 1.54) is 19.3 Å². The molecule has 0 N–H and O–H groups in total. The predicted molar refractivity (Wildman–Crippen MR) is 86.6 cm³/mol.